The lowest BCUT2D eigenvalue weighted by Gasteiger charge is -2.31. The van der Waals surface area contributed by atoms with Crippen LogP contribution in [0.1, 0.15) is 44.0 Å². The summed E-state index contributed by atoms with van der Waals surface area (Å²) in [5, 5.41) is 0. The van der Waals surface area contributed by atoms with Gasteiger partial charge in [-0.05, 0) is 18.4 Å². The molecule has 0 radical (unpaired) electrons. The predicted molar refractivity (Wildman–Crippen MR) is 112 cm³/mol. The van der Waals surface area contributed by atoms with E-state index in [2.05, 4.69) is 17.0 Å². The van der Waals surface area contributed by atoms with Crippen molar-refractivity contribution in [2.24, 2.45) is 12.8 Å². The second-order valence-corrected chi connectivity index (χ2v) is 7.99. The highest BCUT2D eigenvalue weighted by atomic mass is 16.1. The van der Waals surface area contributed by atoms with Gasteiger partial charge in [-0.2, -0.15) is 4.98 Å². The third kappa shape index (κ3) is 3.30. The summed E-state index contributed by atoms with van der Waals surface area (Å²) in [5.41, 5.74) is 8.38. The summed E-state index contributed by atoms with van der Waals surface area (Å²) in [7, 11) is 1.79. The van der Waals surface area contributed by atoms with Crippen molar-refractivity contribution in [3.05, 3.63) is 52.1 Å². The second-order valence-electron chi connectivity index (χ2n) is 7.99. The molecule has 2 aromatic heterocycles. The molecule has 148 valence electrons. The molecule has 0 amide bonds. The molecule has 0 saturated carbocycles. The van der Waals surface area contributed by atoms with Gasteiger partial charge in [0.05, 0.1) is 6.54 Å². The Labute approximate surface area is 164 Å². The first kappa shape index (κ1) is 18.7. The number of nitrogens with two attached hydrogens (primary N) is 1. The molecule has 1 unspecified atom stereocenters. The molecule has 3 heterocycles. The van der Waals surface area contributed by atoms with Crippen molar-refractivity contribution < 1.29 is 0 Å². The van der Waals surface area contributed by atoms with Crippen LogP contribution in [0.4, 0.5) is 5.95 Å². The Hall–Kier alpha value is -2.67. The Morgan fingerprint density at radius 3 is 2.64 bits per heavy atom. The fourth-order valence-electron chi connectivity index (χ4n) is 4.03. The summed E-state index contributed by atoms with van der Waals surface area (Å²) < 4.78 is 3.67. The van der Waals surface area contributed by atoms with Gasteiger partial charge in [-0.15, -0.1) is 0 Å². The van der Waals surface area contributed by atoms with Crippen LogP contribution in [0, 0.1) is 0 Å². The molecular weight excluding hydrogens is 352 g/mol. The van der Waals surface area contributed by atoms with E-state index in [9.17, 15) is 4.79 Å². The molecule has 1 fully saturated rings. The van der Waals surface area contributed by atoms with Gasteiger partial charge in [0.25, 0.3) is 5.56 Å². The highest BCUT2D eigenvalue weighted by molar-refractivity contribution is 5.74. The van der Waals surface area contributed by atoms with Crippen LogP contribution in [0.2, 0.25) is 0 Å². The molecular formula is C21H28N6O. The lowest BCUT2D eigenvalue weighted by atomic mass is 10.1. The topological polar surface area (TPSA) is 82.0 Å². The molecule has 28 heavy (non-hydrogen) atoms. The zero-order valence-electron chi connectivity index (χ0n) is 16.8. The Kier molecular flexibility index (Phi) is 4.93. The van der Waals surface area contributed by atoms with Crippen molar-refractivity contribution in [1.29, 1.82) is 0 Å². The minimum absolute atomic E-state index is 0.0512. The quantitative estimate of drug-likeness (QED) is 0.751. The number of fused-ring (bicyclic) bond motifs is 1. The summed E-state index contributed by atoms with van der Waals surface area (Å²) >= 11 is 0. The molecule has 0 spiro atoms. The standard InChI is InChI=1S/C21H28N6O/c1-14(2)19-23-18-17(20(28)25(19)3)27(12-15-8-5-4-6-9-15)21(24-18)26-11-7-10-16(22)13-26/h4-6,8-9,14,16H,7,10-13,22H2,1-3H3. The minimum atomic E-state index is -0.0512. The van der Waals surface area contributed by atoms with Crippen molar-refractivity contribution in [2.45, 2.75) is 45.2 Å². The summed E-state index contributed by atoms with van der Waals surface area (Å²) in [4.78, 5) is 25.0. The van der Waals surface area contributed by atoms with Gasteiger partial charge in [0.15, 0.2) is 11.2 Å². The van der Waals surface area contributed by atoms with E-state index in [0.717, 1.165) is 43.3 Å². The molecule has 1 aromatic carbocycles. The third-order valence-corrected chi connectivity index (χ3v) is 5.44. The molecule has 3 aromatic rings. The van der Waals surface area contributed by atoms with Crippen LogP contribution in [0.3, 0.4) is 0 Å². The van der Waals surface area contributed by atoms with E-state index >= 15 is 0 Å². The van der Waals surface area contributed by atoms with Crippen LogP contribution in [0.25, 0.3) is 11.2 Å². The fraction of sp³-hybridized carbons (Fsp3) is 0.476. The molecule has 4 rings (SSSR count). The number of benzene rings is 1. The predicted octanol–water partition coefficient (Wildman–Crippen LogP) is 2.23. The van der Waals surface area contributed by atoms with Gasteiger partial charge in [0, 0.05) is 32.1 Å². The van der Waals surface area contributed by atoms with E-state index in [4.69, 9.17) is 15.7 Å². The van der Waals surface area contributed by atoms with Crippen LogP contribution in [-0.4, -0.2) is 38.2 Å². The number of hydrogen-bond acceptors (Lipinski definition) is 5. The normalized spacial score (nSPS) is 17.6. The SMILES string of the molecule is CC(C)c1nc2nc(N3CCCC(N)C3)n(Cc3ccccc3)c2c(=O)n1C. The molecule has 0 bridgehead atoms. The van der Waals surface area contributed by atoms with Crippen molar-refractivity contribution in [3.63, 3.8) is 0 Å². The maximum Gasteiger partial charge on any atom is 0.279 e. The summed E-state index contributed by atoms with van der Waals surface area (Å²) in [5.74, 6) is 1.69. The summed E-state index contributed by atoms with van der Waals surface area (Å²) in [6.45, 7) is 6.30. The van der Waals surface area contributed by atoms with Gasteiger partial charge in [0.1, 0.15) is 5.82 Å². The lowest BCUT2D eigenvalue weighted by Crippen LogP contribution is -2.44. The lowest BCUT2D eigenvalue weighted by molar-refractivity contribution is 0.495. The van der Waals surface area contributed by atoms with Gasteiger partial charge >= 0.3 is 0 Å². The Bertz CT molecular complexity index is 1040. The number of aromatic nitrogens is 4. The Morgan fingerprint density at radius 2 is 1.96 bits per heavy atom. The van der Waals surface area contributed by atoms with Crippen LogP contribution in [0.15, 0.2) is 35.1 Å². The van der Waals surface area contributed by atoms with Gasteiger partial charge in [-0.25, -0.2) is 4.98 Å². The number of piperidine rings is 1. The summed E-state index contributed by atoms with van der Waals surface area (Å²) in [6.07, 6.45) is 2.05. The zero-order chi connectivity index (χ0) is 19.8. The third-order valence-electron chi connectivity index (χ3n) is 5.44. The first-order valence-corrected chi connectivity index (χ1v) is 9.97. The fourth-order valence-corrected chi connectivity index (χ4v) is 4.03. The van der Waals surface area contributed by atoms with Crippen LogP contribution < -0.4 is 16.2 Å². The number of rotatable bonds is 4. The van der Waals surface area contributed by atoms with Gasteiger partial charge < -0.3 is 10.6 Å². The van der Waals surface area contributed by atoms with E-state index in [1.54, 1.807) is 11.6 Å². The largest absolute Gasteiger partial charge is 0.341 e. The van der Waals surface area contributed by atoms with Gasteiger partial charge in [0.2, 0.25) is 5.95 Å². The number of hydrogen-bond donors (Lipinski definition) is 1. The maximum atomic E-state index is 13.2. The Balaban J connectivity index is 1.92. The molecule has 7 heteroatoms. The molecule has 1 saturated heterocycles. The smallest absolute Gasteiger partial charge is 0.279 e. The van der Waals surface area contributed by atoms with Crippen LogP contribution in [-0.2, 0) is 13.6 Å². The zero-order valence-corrected chi connectivity index (χ0v) is 16.8. The van der Waals surface area contributed by atoms with Gasteiger partial charge in [-0.1, -0.05) is 44.2 Å². The molecule has 1 atom stereocenters. The maximum absolute atomic E-state index is 13.2. The number of imidazole rings is 1. The van der Waals surface area contributed by atoms with Gasteiger partial charge in [-0.3, -0.25) is 13.9 Å². The van der Waals surface area contributed by atoms with Crippen LogP contribution in [0.5, 0.6) is 0 Å². The molecule has 1 aliphatic rings. The average molecular weight is 380 g/mol. The second kappa shape index (κ2) is 7.39. The van der Waals surface area contributed by atoms with E-state index in [1.807, 2.05) is 36.6 Å². The molecule has 2 N–H and O–H groups in total. The van der Waals surface area contributed by atoms with E-state index in [-0.39, 0.29) is 17.5 Å². The van der Waals surface area contributed by atoms with Crippen molar-refractivity contribution in [1.82, 2.24) is 19.1 Å². The number of anilines is 1. The monoisotopic (exact) mass is 380 g/mol. The molecule has 0 aliphatic carbocycles. The highest BCUT2D eigenvalue weighted by Crippen LogP contribution is 2.25. The van der Waals surface area contributed by atoms with Crippen molar-refractivity contribution in [2.75, 3.05) is 18.0 Å². The average Bonchev–Trinajstić information content (AvgIpc) is 3.03. The van der Waals surface area contributed by atoms with E-state index in [0.29, 0.717) is 17.7 Å². The summed E-state index contributed by atoms with van der Waals surface area (Å²) in [6, 6.07) is 10.3. The Morgan fingerprint density at radius 1 is 1.21 bits per heavy atom. The number of nitrogens with zero attached hydrogens (tertiary/aromatic N) is 5. The minimum Gasteiger partial charge on any atom is -0.341 e. The van der Waals surface area contributed by atoms with E-state index in [1.165, 1.54) is 0 Å². The first-order valence-electron chi connectivity index (χ1n) is 9.97. The highest BCUT2D eigenvalue weighted by Gasteiger charge is 2.25. The molecule has 7 nitrogen and oxygen atoms in total. The van der Waals surface area contributed by atoms with E-state index < -0.39 is 0 Å². The van der Waals surface area contributed by atoms with Crippen molar-refractivity contribution in [3.8, 4) is 0 Å². The van der Waals surface area contributed by atoms with Crippen molar-refractivity contribution >= 4 is 17.1 Å². The first-order chi connectivity index (χ1) is 13.5. The molecule has 1 aliphatic heterocycles. The van der Waals surface area contributed by atoms with Crippen LogP contribution >= 0.6 is 0 Å².